The minimum absolute atomic E-state index is 0.341. The van der Waals surface area contributed by atoms with Crippen LogP contribution in [0.25, 0.3) is 0 Å². The largest absolute Gasteiger partial charge is 0.481 e. The van der Waals surface area contributed by atoms with Crippen molar-refractivity contribution in [3.63, 3.8) is 0 Å². The van der Waals surface area contributed by atoms with E-state index in [9.17, 15) is 14.4 Å². The van der Waals surface area contributed by atoms with Crippen molar-refractivity contribution >= 4 is 17.9 Å². The molecule has 0 heterocycles. The first-order valence-electron chi connectivity index (χ1n) is 3.82. The molecule has 0 aliphatic rings. The number of hydrogen-bond donors (Lipinski definition) is 3. The van der Waals surface area contributed by atoms with Crippen LogP contribution in [0.5, 0.6) is 0 Å². The highest BCUT2D eigenvalue weighted by Crippen LogP contribution is 2.02. The monoisotopic (exact) mass is 218 g/mol. The Bertz CT molecular complexity index is 293. The topological polar surface area (TPSA) is 121 Å². The molecule has 1 atom stereocenters. The van der Waals surface area contributed by atoms with Crippen molar-refractivity contribution in [2.45, 2.75) is 12.5 Å². The predicted octanol–water partition coefficient (Wildman–Crippen LogP) is -0.428. The van der Waals surface area contributed by atoms with E-state index in [0.717, 1.165) is 0 Å². The molecule has 0 aliphatic carbocycles. The molecule has 0 radical (unpaired) electrons. The lowest BCUT2D eigenvalue weighted by Crippen LogP contribution is -2.28. The third-order valence-electron chi connectivity index (χ3n) is 1.40. The van der Waals surface area contributed by atoms with Gasteiger partial charge in [0.25, 0.3) is 0 Å². The van der Waals surface area contributed by atoms with Gasteiger partial charge in [-0.1, -0.05) is 6.58 Å². The van der Waals surface area contributed by atoms with E-state index in [1.54, 1.807) is 0 Å². The van der Waals surface area contributed by atoms with Gasteiger partial charge in [-0.05, 0) is 0 Å². The Morgan fingerprint density at radius 2 is 1.73 bits per heavy atom. The standard InChI is InChI=1S/C8H10O7/c1-4(7(11)12)3-15-5(8(13)14)2-6(9)10/h5H,1-3H2,(H,9,10)(H,11,12)(H,13,14). The number of carboxylic acid groups (broad SMARTS) is 3. The van der Waals surface area contributed by atoms with E-state index in [1.807, 2.05) is 0 Å². The van der Waals surface area contributed by atoms with Crippen LogP contribution in [-0.2, 0) is 19.1 Å². The summed E-state index contributed by atoms with van der Waals surface area (Å²) in [5.41, 5.74) is -0.341. The summed E-state index contributed by atoms with van der Waals surface area (Å²) in [5.74, 6) is -4.13. The van der Waals surface area contributed by atoms with E-state index in [4.69, 9.17) is 15.3 Å². The van der Waals surface area contributed by atoms with Gasteiger partial charge in [-0.15, -0.1) is 0 Å². The third-order valence-corrected chi connectivity index (χ3v) is 1.40. The molecule has 0 aromatic rings. The highest BCUT2D eigenvalue weighted by atomic mass is 16.5. The second-order valence-electron chi connectivity index (χ2n) is 2.64. The van der Waals surface area contributed by atoms with E-state index < -0.39 is 37.0 Å². The summed E-state index contributed by atoms with van der Waals surface area (Å²) < 4.78 is 4.58. The summed E-state index contributed by atoms with van der Waals surface area (Å²) in [6.45, 7) is 2.57. The Labute approximate surface area is 84.6 Å². The van der Waals surface area contributed by atoms with E-state index in [1.165, 1.54) is 0 Å². The van der Waals surface area contributed by atoms with Gasteiger partial charge in [-0.3, -0.25) is 4.79 Å². The minimum Gasteiger partial charge on any atom is -0.481 e. The van der Waals surface area contributed by atoms with Crippen LogP contribution in [0.3, 0.4) is 0 Å². The highest BCUT2D eigenvalue weighted by Gasteiger charge is 2.22. The van der Waals surface area contributed by atoms with Gasteiger partial charge in [0.1, 0.15) is 0 Å². The van der Waals surface area contributed by atoms with Crippen molar-refractivity contribution < 1.29 is 34.4 Å². The normalized spacial score (nSPS) is 11.7. The van der Waals surface area contributed by atoms with Gasteiger partial charge in [0.05, 0.1) is 18.6 Å². The van der Waals surface area contributed by atoms with Gasteiger partial charge < -0.3 is 20.1 Å². The number of aliphatic carboxylic acids is 3. The van der Waals surface area contributed by atoms with Crippen molar-refractivity contribution in [1.29, 1.82) is 0 Å². The van der Waals surface area contributed by atoms with Crippen LogP contribution in [-0.4, -0.2) is 45.9 Å². The maximum Gasteiger partial charge on any atom is 0.333 e. The van der Waals surface area contributed by atoms with Gasteiger partial charge in [-0.2, -0.15) is 0 Å². The molecule has 84 valence electrons. The summed E-state index contributed by atoms with van der Waals surface area (Å²) in [6.07, 6.45) is -2.30. The summed E-state index contributed by atoms with van der Waals surface area (Å²) >= 11 is 0. The molecule has 0 saturated heterocycles. The molecule has 0 rings (SSSR count). The van der Waals surface area contributed by atoms with Crippen LogP contribution < -0.4 is 0 Å². The van der Waals surface area contributed by atoms with Crippen LogP contribution in [0.4, 0.5) is 0 Å². The zero-order valence-electron chi connectivity index (χ0n) is 7.67. The number of ether oxygens (including phenoxy) is 1. The van der Waals surface area contributed by atoms with Crippen molar-refractivity contribution in [1.82, 2.24) is 0 Å². The van der Waals surface area contributed by atoms with E-state index in [-0.39, 0.29) is 5.57 Å². The lowest BCUT2D eigenvalue weighted by Gasteiger charge is -2.10. The maximum atomic E-state index is 10.5. The van der Waals surface area contributed by atoms with E-state index in [0.29, 0.717) is 0 Å². The van der Waals surface area contributed by atoms with Gasteiger partial charge in [0.15, 0.2) is 6.10 Å². The number of carbonyl (C=O) groups is 3. The molecule has 0 bridgehead atoms. The third kappa shape index (κ3) is 5.42. The van der Waals surface area contributed by atoms with Crippen LogP contribution in [0.2, 0.25) is 0 Å². The van der Waals surface area contributed by atoms with E-state index >= 15 is 0 Å². The molecule has 0 aromatic carbocycles. The van der Waals surface area contributed by atoms with Crippen molar-refractivity contribution in [2.75, 3.05) is 6.61 Å². The fourth-order valence-corrected chi connectivity index (χ4v) is 0.639. The summed E-state index contributed by atoms with van der Waals surface area (Å²) in [4.78, 5) is 30.9. The highest BCUT2D eigenvalue weighted by molar-refractivity contribution is 5.86. The SMILES string of the molecule is C=C(COC(CC(=O)O)C(=O)O)C(=O)O. The van der Waals surface area contributed by atoms with Crippen LogP contribution in [0.15, 0.2) is 12.2 Å². The first kappa shape index (κ1) is 13.1. The van der Waals surface area contributed by atoms with Crippen LogP contribution >= 0.6 is 0 Å². The molecule has 0 amide bonds. The van der Waals surface area contributed by atoms with Crippen molar-refractivity contribution in [3.05, 3.63) is 12.2 Å². The van der Waals surface area contributed by atoms with Crippen LogP contribution in [0.1, 0.15) is 6.42 Å². The Hall–Kier alpha value is -1.89. The molecule has 0 spiro atoms. The molecule has 15 heavy (non-hydrogen) atoms. The van der Waals surface area contributed by atoms with Gasteiger partial charge in [-0.25, -0.2) is 9.59 Å². The Kier molecular flexibility index (Phi) is 5.03. The fourth-order valence-electron chi connectivity index (χ4n) is 0.639. The average Bonchev–Trinajstić information content (AvgIpc) is 2.10. The average molecular weight is 218 g/mol. The zero-order chi connectivity index (χ0) is 12.0. The first-order valence-corrected chi connectivity index (χ1v) is 3.82. The second-order valence-corrected chi connectivity index (χ2v) is 2.64. The molecule has 7 heteroatoms. The van der Waals surface area contributed by atoms with Crippen molar-refractivity contribution in [2.24, 2.45) is 0 Å². The Balaban J connectivity index is 4.19. The maximum absolute atomic E-state index is 10.5. The summed E-state index contributed by atoms with van der Waals surface area (Å²) in [7, 11) is 0. The molecule has 0 fully saturated rings. The van der Waals surface area contributed by atoms with Gasteiger partial charge in [0, 0.05) is 0 Å². The number of carboxylic acids is 3. The molecule has 0 aromatic heterocycles. The number of rotatable bonds is 7. The first-order chi connectivity index (χ1) is 6.84. The molecule has 0 saturated carbocycles. The zero-order valence-corrected chi connectivity index (χ0v) is 7.67. The molecule has 3 N–H and O–H groups in total. The van der Waals surface area contributed by atoms with Gasteiger partial charge >= 0.3 is 17.9 Å². The lowest BCUT2D eigenvalue weighted by atomic mass is 10.2. The quantitative estimate of drug-likeness (QED) is 0.495. The summed E-state index contributed by atoms with van der Waals surface area (Å²) in [6, 6.07) is 0. The molecule has 7 nitrogen and oxygen atoms in total. The van der Waals surface area contributed by atoms with Crippen LogP contribution in [0, 0.1) is 0 Å². The molecule has 1 unspecified atom stereocenters. The predicted molar refractivity (Wildman–Crippen MR) is 46.4 cm³/mol. The van der Waals surface area contributed by atoms with Gasteiger partial charge in [0.2, 0.25) is 0 Å². The Morgan fingerprint density at radius 3 is 2.07 bits per heavy atom. The molecule has 0 aliphatic heterocycles. The Morgan fingerprint density at radius 1 is 1.20 bits per heavy atom. The van der Waals surface area contributed by atoms with E-state index in [2.05, 4.69) is 11.3 Å². The molecular weight excluding hydrogens is 208 g/mol. The van der Waals surface area contributed by atoms with Crippen molar-refractivity contribution in [3.8, 4) is 0 Å². The minimum atomic E-state index is -1.57. The fraction of sp³-hybridized carbons (Fsp3) is 0.375. The smallest absolute Gasteiger partial charge is 0.333 e. The lowest BCUT2D eigenvalue weighted by molar-refractivity contribution is -0.156. The molecular formula is C8H10O7. The summed E-state index contributed by atoms with van der Waals surface area (Å²) in [5, 5.41) is 25.2. The number of hydrogen-bond acceptors (Lipinski definition) is 4. The second kappa shape index (κ2) is 5.76.